The molecule has 1 aromatic heterocycles. The quantitative estimate of drug-likeness (QED) is 0.903. The number of ether oxygens (including phenoxy) is 1. The van der Waals surface area contributed by atoms with Crippen LogP contribution in [0.5, 0.6) is 5.75 Å². The number of nitrogens with one attached hydrogen (secondary N) is 1. The van der Waals surface area contributed by atoms with Gasteiger partial charge in [0.25, 0.3) is 0 Å². The molecule has 0 bridgehead atoms. The molecule has 3 nitrogen and oxygen atoms in total. The predicted octanol–water partition coefficient (Wildman–Crippen LogP) is 3.26. The Labute approximate surface area is 120 Å². The lowest BCUT2D eigenvalue weighted by molar-refractivity contribution is 0.356. The number of aromatic nitrogens is 1. The first-order chi connectivity index (χ1) is 9.86. The summed E-state index contributed by atoms with van der Waals surface area (Å²) in [4.78, 5) is 4.05. The van der Waals surface area contributed by atoms with Gasteiger partial charge in [-0.3, -0.25) is 4.98 Å². The number of hydrogen-bond donors (Lipinski definition) is 1. The number of benzene rings is 1. The summed E-state index contributed by atoms with van der Waals surface area (Å²) >= 11 is 0. The maximum atomic E-state index is 5.57. The van der Waals surface area contributed by atoms with Crippen LogP contribution < -0.4 is 10.1 Å². The summed E-state index contributed by atoms with van der Waals surface area (Å²) in [6.07, 6.45) is 5.78. The van der Waals surface area contributed by atoms with Gasteiger partial charge < -0.3 is 10.1 Å². The lowest BCUT2D eigenvalue weighted by Gasteiger charge is -2.18. The lowest BCUT2D eigenvalue weighted by atomic mass is 10.0. The minimum atomic E-state index is 0.383. The molecule has 1 aromatic carbocycles. The Balaban J connectivity index is 1.70. The van der Waals surface area contributed by atoms with E-state index < -0.39 is 0 Å². The maximum Gasteiger partial charge on any atom is 0.122 e. The molecule has 104 valence electrons. The van der Waals surface area contributed by atoms with Gasteiger partial charge in [0.2, 0.25) is 0 Å². The van der Waals surface area contributed by atoms with Crippen LogP contribution in [-0.4, -0.2) is 11.6 Å². The zero-order chi connectivity index (χ0) is 13.8. The summed E-state index contributed by atoms with van der Waals surface area (Å²) in [6, 6.07) is 11.1. The standard InChI is InChI=1S/C17H20N2O/c1-2-16(19-12-13-5-8-18-9-6-13)14-3-4-17-15(11-14)7-10-20-17/h3-6,8-9,11,16,19H,2,7,10,12H2,1H3. The molecule has 1 aliphatic heterocycles. The minimum absolute atomic E-state index is 0.383. The number of hydrogen-bond acceptors (Lipinski definition) is 3. The van der Waals surface area contributed by atoms with Gasteiger partial charge in [-0.05, 0) is 41.3 Å². The second-order valence-corrected chi connectivity index (χ2v) is 5.16. The molecule has 1 aliphatic rings. The van der Waals surface area contributed by atoms with Crippen molar-refractivity contribution in [2.24, 2.45) is 0 Å². The van der Waals surface area contributed by atoms with E-state index in [-0.39, 0.29) is 0 Å². The fourth-order valence-corrected chi connectivity index (χ4v) is 2.66. The molecular weight excluding hydrogens is 248 g/mol. The molecule has 0 aliphatic carbocycles. The van der Waals surface area contributed by atoms with Gasteiger partial charge >= 0.3 is 0 Å². The van der Waals surface area contributed by atoms with Gasteiger partial charge in [-0.1, -0.05) is 19.1 Å². The van der Waals surface area contributed by atoms with Crippen molar-refractivity contribution in [2.75, 3.05) is 6.61 Å². The molecule has 3 heteroatoms. The van der Waals surface area contributed by atoms with Crippen molar-refractivity contribution in [2.45, 2.75) is 32.4 Å². The fourth-order valence-electron chi connectivity index (χ4n) is 2.66. The van der Waals surface area contributed by atoms with Gasteiger partial charge in [0.15, 0.2) is 0 Å². The second kappa shape index (κ2) is 6.06. The third-order valence-electron chi connectivity index (χ3n) is 3.83. The Bertz CT molecular complexity index is 568. The van der Waals surface area contributed by atoms with Crippen LogP contribution in [0.15, 0.2) is 42.7 Å². The van der Waals surface area contributed by atoms with E-state index in [1.807, 2.05) is 12.4 Å². The van der Waals surface area contributed by atoms with Crippen LogP contribution in [0.3, 0.4) is 0 Å². The average Bonchev–Trinajstić information content (AvgIpc) is 2.96. The van der Waals surface area contributed by atoms with E-state index in [4.69, 9.17) is 4.74 Å². The zero-order valence-electron chi connectivity index (χ0n) is 11.8. The minimum Gasteiger partial charge on any atom is -0.493 e. The van der Waals surface area contributed by atoms with Gasteiger partial charge in [0, 0.05) is 31.4 Å². The van der Waals surface area contributed by atoms with E-state index in [1.165, 1.54) is 16.7 Å². The van der Waals surface area contributed by atoms with Crippen LogP contribution in [-0.2, 0) is 13.0 Å². The predicted molar refractivity (Wildman–Crippen MR) is 79.7 cm³/mol. The SMILES string of the molecule is CCC(NCc1ccncc1)c1ccc2c(c1)CCO2. The topological polar surface area (TPSA) is 34.2 Å². The summed E-state index contributed by atoms with van der Waals surface area (Å²) < 4.78 is 5.57. The van der Waals surface area contributed by atoms with Crippen molar-refractivity contribution in [1.29, 1.82) is 0 Å². The molecule has 0 fully saturated rings. The Kier molecular flexibility index (Phi) is 3.97. The first kappa shape index (κ1) is 13.1. The number of rotatable bonds is 5. The molecule has 0 amide bonds. The van der Waals surface area contributed by atoms with E-state index in [0.29, 0.717) is 6.04 Å². The Morgan fingerprint density at radius 2 is 2.10 bits per heavy atom. The van der Waals surface area contributed by atoms with Gasteiger partial charge in [-0.2, -0.15) is 0 Å². The highest BCUT2D eigenvalue weighted by Crippen LogP contribution is 2.29. The number of nitrogens with zero attached hydrogens (tertiary/aromatic N) is 1. The van der Waals surface area contributed by atoms with Crippen molar-refractivity contribution in [3.63, 3.8) is 0 Å². The molecule has 1 N–H and O–H groups in total. The monoisotopic (exact) mass is 268 g/mol. The Morgan fingerprint density at radius 1 is 1.25 bits per heavy atom. The van der Waals surface area contributed by atoms with Crippen LogP contribution in [0.25, 0.3) is 0 Å². The van der Waals surface area contributed by atoms with Gasteiger partial charge in [-0.25, -0.2) is 0 Å². The molecule has 2 aromatic rings. The first-order valence-electron chi connectivity index (χ1n) is 7.24. The largest absolute Gasteiger partial charge is 0.493 e. The smallest absolute Gasteiger partial charge is 0.122 e. The molecule has 0 saturated carbocycles. The van der Waals surface area contributed by atoms with Gasteiger partial charge in [0.1, 0.15) is 5.75 Å². The summed E-state index contributed by atoms with van der Waals surface area (Å²) in [5, 5.41) is 3.62. The van der Waals surface area contributed by atoms with E-state index >= 15 is 0 Å². The Morgan fingerprint density at radius 3 is 2.90 bits per heavy atom. The van der Waals surface area contributed by atoms with Crippen LogP contribution in [0.4, 0.5) is 0 Å². The highest BCUT2D eigenvalue weighted by molar-refractivity contribution is 5.40. The Hall–Kier alpha value is -1.87. The van der Waals surface area contributed by atoms with Crippen molar-refractivity contribution in [3.05, 3.63) is 59.4 Å². The number of pyridine rings is 1. The third-order valence-corrected chi connectivity index (χ3v) is 3.83. The summed E-state index contributed by atoms with van der Waals surface area (Å²) in [5.41, 5.74) is 3.96. The van der Waals surface area contributed by atoms with Crippen molar-refractivity contribution in [1.82, 2.24) is 10.3 Å². The van der Waals surface area contributed by atoms with Crippen molar-refractivity contribution in [3.8, 4) is 5.75 Å². The highest BCUT2D eigenvalue weighted by Gasteiger charge is 2.15. The van der Waals surface area contributed by atoms with E-state index in [1.54, 1.807) is 0 Å². The third kappa shape index (κ3) is 2.83. The molecule has 20 heavy (non-hydrogen) atoms. The molecule has 1 atom stereocenters. The van der Waals surface area contributed by atoms with Crippen LogP contribution in [0, 0.1) is 0 Å². The van der Waals surface area contributed by atoms with Crippen molar-refractivity contribution >= 4 is 0 Å². The van der Waals surface area contributed by atoms with Crippen LogP contribution >= 0.6 is 0 Å². The fraction of sp³-hybridized carbons (Fsp3) is 0.353. The summed E-state index contributed by atoms with van der Waals surface area (Å²) in [5.74, 6) is 1.05. The van der Waals surface area contributed by atoms with E-state index in [2.05, 4.69) is 47.6 Å². The van der Waals surface area contributed by atoms with Gasteiger partial charge in [-0.15, -0.1) is 0 Å². The molecule has 3 rings (SSSR count). The summed E-state index contributed by atoms with van der Waals surface area (Å²) in [7, 11) is 0. The maximum absolute atomic E-state index is 5.57. The molecular formula is C17H20N2O. The van der Waals surface area contributed by atoms with Crippen molar-refractivity contribution < 1.29 is 4.74 Å². The van der Waals surface area contributed by atoms with Crippen LogP contribution in [0.2, 0.25) is 0 Å². The van der Waals surface area contributed by atoms with Gasteiger partial charge in [0.05, 0.1) is 6.61 Å². The average molecular weight is 268 g/mol. The second-order valence-electron chi connectivity index (χ2n) is 5.16. The molecule has 0 spiro atoms. The van der Waals surface area contributed by atoms with Crippen LogP contribution in [0.1, 0.15) is 36.1 Å². The highest BCUT2D eigenvalue weighted by atomic mass is 16.5. The van der Waals surface area contributed by atoms with E-state index in [0.717, 1.165) is 31.7 Å². The lowest BCUT2D eigenvalue weighted by Crippen LogP contribution is -2.20. The molecule has 2 heterocycles. The molecule has 1 unspecified atom stereocenters. The normalized spacial score (nSPS) is 14.7. The molecule has 0 saturated heterocycles. The number of fused-ring (bicyclic) bond motifs is 1. The summed E-state index contributed by atoms with van der Waals surface area (Å²) in [6.45, 7) is 3.91. The van der Waals surface area contributed by atoms with E-state index in [9.17, 15) is 0 Å². The zero-order valence-corrected chi connectivity index (χ0v) is 11.8. The molecule has 0 radical (unpaired) electrons. The first-order valence-corrected chi connectivity index (χ1v) is 7.24.